The summed E-state index contributed by atoms with van der Waals surface area (Å²) < 4.78 is 21.3. The van der Waals surface area contributed by atoms with Gasteiger partial charge in [-0.15, -0.1) is 0 Å². The van der Waals surface area contributed by atoms with E-state index in [0.717, 1.165) is 4.47 Å². The quantitative estimate of drug-likeness (QED) is 0.636. The Kier molecular flexibility index (Phi) is 4.97. The maximum atomic E-state index is 11.8. The van der Waals surface area contributed by atoms with E-state index in [-0.39, 0.29) is 4.75 Å². The second-order valence-corrected chi connectivity index (χ2v) is 7.20. The topological polar surface area (TPSA) is 57.5 Å². The average molecular weight is 319 g/mol. The summed E-state index contributed by atoms with van der Waals surface area (Å²) in [7, 11) is 1.54. The van der Waals surface area contributed by atoms with Crippen molar-refractivity contribution >= 4 is 33.5 Å². The molecule has 0 saturated heterocycles. The Morgan fingerprint density at radius 2 is 2.18 bits per heavy atom. The molecule has 1 aromatic heterocycles. The fraction of sp³-hybridized carbons (Fsp3) is 0.455. The summed E-state index contributed by atoms with van der Waals surface area (Å²) in [6.07, 6.45) is 3.16. The second-order valence-electron chi connectivity index (χ2n) is 4.35. The number of nitrogens with zero attached hydrogens (tertiary/aromatic N) is 2. The summed E-state index contributed by atoms with van der Waals surface area (Å²) in [5.74, 6) is 0.461. The first kappa shape index (κ1) is 14.5. The van der Waals surface area contributed by atoms with Crippen molar-refractivity contribution in [2.24, 2.45) is 4.40 Å². The largest absolute Gasteiger partial charge is 0.591 e. The molecule has 1 aromatic rings. The molecule has 0 aliphatic rings. The molecule has 94 valence electrons. The van der Waals surface area contributed by atoms with E-state index in [2.05, 4.69) is 25.3 Å². The average Bonchev–Trinajstić information content (AvgIpc) is 2.24. The van der Waals surface area contributed by atoms with Gasteiger partial charge in [-0.3, -0.25) is 0 Å². The van der Waals surface area contributed by atoms with E-state index in [0.29, 0.717) is 11.4 Å². The second kappa shape index (κ2) is 5.84. The van der Waals surface area contributed by atoms with Gasteiger partial charge in [-0.25, -0.2) is 4.98 Å². The molecule has 0 N–H and O–H groups in total. The van der Waals surface area contributed by atoms with Crippen molar-refractivity contribution in [1.82, 2.24) is 4.98 Å². The summed E-state index contributed by atoms with van der Waals surface area (Å²) >= 11 is 2.03. The van der Waals surface area contributed by atoms with Crippen molar-refractivity contribution in [3.63, 3.8) is 0 Å². The van der Waals surface area contributed by atoms with Gasteiger partial charge in [-0.1, -0.05) is 4.40 Å². The fourth-order valence-electron chi connectivity index (χ4n) is 0.968. The predicted octanol–water partition coefficient (Wildman–Crippen LogP) is 2.73. The van der Waals surface area contributed by atoms with Gasteiger partial charge in [0.1, 0.15) is 16.1 Å². The van der Waals surface area contributed by atoms with Crippen molar-refractivity contribution < 1.29 is 9.29 Å². The number of aromatic nitrogens is 1. The van der Waals surface area contributed by atoms with Crippen LogP contribution < -0.4 is 4.74 Å². The Hall–Kier alpha value is -0.590. The molecule has 1 unspecified atom stereocenters. The molecule has 0 spiro atoms. The fourth-order valence-corrected chi connectivity index (χ4v) is 1.84. The number of rotatable bonds is 3. The molecule has 1 rings (SSSR count). The van der Waals surface area contributed by atoms with Crippen LogP contribution in [0, 0.1) is 0 Å². The summed E-state index contributed by atoms with van der Waals surface area (Å²) in [6, 6.07) is 1.81. The van der Waals surface area contributed by atoms with E-state index >= 15 is 0 Å². The number of pyridine rings is 1. The standard InChI is InChI=1S/C11H15BrN2O2S/c1-11(2,3)17(15)14-6-8-5-9(12)7-13-10(8)16-4/h5-7H,1-4H3. The summed E-state index contributed by atoms with van der Waals surface area (Å²) in [5, 5.41) is 0. The molecule has 0 fully saturated rings. The van der Waals surface area contributed by atoms with Gasteiger partial charge in [0, 0.05) is 10.7 Å². The van der Waals surface area contributed by atoms with E-state index in [1.165, 1.54) is 13.3 Å². The number of hydrogen-bond donors (Lipinski definition) is 0. The molecule has 4 nitrogen and oxygen atoms in total. The van der Waals surface area contributed by atoms with Crippen molar-refractivity contribution in [2.75, 3.05) is 7.11 Å². The van der Waals surface area contributed by atoms with E-state index < -0.39 is 11.4 Å². The van der Waals surface area contributed by atoms with Crippen molar-refractivity contribution in [1.29, 1.82) is 0 Å². The van der Waals surface area contributed by atoms with Gasteiger partial charge in [-0.2, -0.15) is 0 Å². The zero-order valence-corrected chi connectivity index (χ0v) is 12.6. The smallest absolute Gasteiger partial charge is 0.222 e. The Morgan fingerprint density at radius 1 is 1.53 bits per heavy atom. The SMILES string of the molecule is COc1ncc(Br)cc1C=N[S+]([O-])C(C)(C)C. The van der Waals surface area contributed by atoms with Gasteiger partial charge < -0.3 is 9.29 Å². The molecule has 0 saturated carbocycles. The van der Waals surface area contributed by atoms with Gasteiger partial charge in [0.05, 0.1) is 18.9 Å². The minimum atomic E-state index is -1.28. The normalized spacial score (nSPS) is 14.0. The van der Waals surface area contributed by atoms with Crippen LogP contribution in [0.5, 0.6) is 5.88 Å². The minimum Gasteiger partial charge on any atom is -0.591 e. The molecule has 6 heteroatoms. The highest BCUT2D eigenvalue weighted by Crippen LogP contribution is 2.20. The molecule has 17 heavy (non-hydrogen) atoms. The number of hydrogen-bond acceptors (Lipinski definition) is 4. The molecular formula is C11H15BrN2O2S. The molecule has 0 aliphatic carbocycles. The van der Waals surface area contributed by atoms with Gasteiger partial charge in [0.2, 0.25) is 5.88 Å². The van der Waals surface area contributed by atoms with Crippen LogP contribution >= 0.6 is 15.9 Å². The highest BCUT2D eigenvalue weighted by atomic mass is 79.9. The van der Waals surface area contributed by atoms with Crippen LogP contribution in [-0.4, -0.2) is 27.6 Å². The zero-order valence-electron chi connectivity index (χ0n) is 10.2. The Morgan fingerprint density at radius 3 is 2.71 bits per heavy atom. The number of ether oxygens (including phenoxy) is 1. The summed E-state index contributed by atoms with van der Waals surface area (Å²) in [5.41, 5.74) is 0.694. The zero-order chi connectivity index (χ0) is 13.1. The molecule has 0 aliphatic heterocycles. The Balaban J connectivity index is 2.94. The van der Waals surface area contributed by atoms with Crippen molar-refractivity contribution in [3.8, 4) is 5.88 Å². The van der Waals surface area contributed by atoms with Crippen LogP contribution in [0.2, 0.25) is 0 Å². The molecule has 0 radical (unpaired) electrons. The van der Waals surface area contributed by atoms with E-state index in [1.54, 1.807) is 6.20 Å². The third-order valence-corrected chi connectivity index (χ3v) is 3.63. The van der Waals surface area contributed by atoms with Crippen LogP contribution in [0.1, 0.15) is 26.3 Å². The summed E-state index contributed by atoms with van der Waals surface area (Å²) in [6.45, 7) is 5.62. The first-order chi connectivity index (χ1) is 7.84. The Labute approximate surface area is 113 Å². The summed E-state index contributed by atoms with van der Waals surface area (Å²) in [4.78, 5) is 4.08. The lowest BCUT2D eigenvalue weighted by Gasteiger charge is -2.17. The molecule has 1 atom stereocenters. The molecule has 0 bridgehead atoms. The minimum absolute atomic E-state index is 0.372. The van der Waals surface area contributed by atoms with Crippen LogP contribution in [-0.2, 0) is 11.4 Å². The van der Waals surface area contributed by atoms with Crippen LogP contribution in [0.4, 0.5) is 0 Å². The van der Waals surface area contributed by atoms with E-state index in [4.69, 9.17) is 4.74 Å². The van der Waals surface area contributed by atoms with Crippen LogP contribution in [0.25, 0.3) is 0 Å². The van der Waals surface area contributed by atoms with Gasteiger partial charge in [0.25, 0.3) is 0 Å². The van der Waals surface area contributed by atoms with E-state index in [9.17, 15) is 4.55 Å². The first-order valence-corrected chi connectivity index (χ1v) is 6.90. The molecule has 1 heterocycles. The van der Waals surface area contributed by atoms with Crippen molar-refractivity contribution in [3.05, 3.63) is 22.3 Å². The third kappa shape index (κ3) is 4.29. The lowest BCUT2D eigenvalue weighted by molar-refractivity contribution is 0.397. The van der Waals surface area contributed by atoms with Gasteiger partial charge in [-0.05, 0) is 42.8 Å². The number of methoxy groups -OCH3 is 1. The Bertz CT molecular complexity index is 418. The van der Waals surface area contributed by atoms with Gasteiger partial charge in [0.15, 0.2) is 0 Å². The lowest BCUT2D eigenvalue weighted by atomic mass is 10.3. The monoisotopic (exact) mass is 318 g/mol. The maximum absolute atomic E-state index is 11.8. The van der Waals surface area contributed by atoms with Crippen molar-refractivity contribution in [2.45, 2.75) is 25.5 Å². The predicted molar refractivity (Wildman–Crippen MR) is 74.0 cm³/mol. The molecule has 0 aromatic carbocycles. The van der Waals surface area contributed by atoms with E-state index in [1.807, 2.05) is 26.8 Å². The lowest BCUT2D eigenvalue weighted by Crippen LogP contribution is -2.25. The molecule has 0 amide bonds. The van der Waals surface area contributed by atoms with Crippen LogP contribution in [0.3, 0.4) is 0 Å². The first-order valence-electron chi connectivity index (χ1n) is 5.00. The maximum Gasteiger partial charge on any atom is 0.222 e. The molecular weight excluding hydrogens is 304 g/mol. The highest BCUT2D eigenvalue weighted by molar-refractivity contribution is 9.10. The highest BCUT2D eigenvalue weighted by Gasteiger charge is 2.25. The number of halogens is 1. The third-order valence-electron chi connectivity index (χ3n) is 1.85. The van der Waals surface area contributed by atoms with Crippen LogP contribution in [0.15, 0.2) is 21.1 Å². The van der Waals surface area contributed by atoms with Gasteiger partial charge >= 0.3 is 0 Å².